The minimum absolute atomic E-state index is 0.0179. The molecule has 2 aliphatic rings. The van der Waals surface area contributed by atoms with E-state index in [-0.39, 0.29) is 59.3 Å². The second kappa shape index (κ2) is 9.83. The SMILES string of the molecule is N#Cc1ccc(Nc2cccc3c2OC[C@H]3N(C(=O)C(F)(F)F)c2ccc3c(c2)OC[C@H]3CC(=O)O)c(F)c1. The molecule has 8 nitrogen and oxygen atoms in total. The molecule has 0 unspecified atom stereocenters. The van der Waals surface area contributed by atoms with Crippen molar-refractivity contribution in [1.82, 2.24) is 0 Å². The van der Waals surface area contributed by atoms with Crippen molar-refractivity contribution in [2.75, 3.05) is 23.4 Å². The van der Waals surface area contributed by atoms with Gasteiger partial charge in [0, 0.05) is 28.8 Å². The lowest BCUT2D eigenvalue weighted by Crippen LogP contribution is -2.44. The van der Waals surface area contributed by atoms with Crippen molar-refractivity contribution in [3.8, 4) is 17.6 Å². The Balaban J connectivity index is 1.51. The summed E-state index contributed by atoms with van der Waals surface area (Å²) >= 11 is 0. The molecular weight excluding hydrogens is 522 g/mol. The summed E-state index contributed by atoms with van der Waals surface area (Å²) in [7, 11) is 0. The van der Waals surface area contributed by atoms with E-state index in [2.05, 4.69) is 5.32 Å². The van der Waals surface area contributed by atoms with Crippen LogP contribution < -0.4 is 19.7 Å². The molecule has 0 radical (unpaired) electrons. The number of carboxylic acids is 1. The minimum Gasteiger partial charge on any atom is -0.493 e. The molecular formula is C27H19F4N3O5. The number of ether oxygens (including phenoxy) is 2. The van der Waals surface area contributed by atoms with E-state index < -0.39 is 35.8 Å². The zero-order chi connectivity index (χ0) is 27.9. The van der Waals surface area contributed by atoms with Crippen molar-refractivity contribution in [2.24, 2.45) is 0 Å². The summed E-state index contributed by atoms with van der Waals surface area (Å²) in [5.41, 5.74) is 1.07. The maximum atomic E-state index is 14.5. The first-order valence-corrected chi connectivity index (χ1v) is 11.7. The Morgan fingerprint density at radius 3 is 2.54 bits per heavy atom. The van der Waals surface area contributed by atoms with Crippen molar-refractivity contribution in [3.05, 3.63) is 77.1 Å². The quantitative estimate of drug-likeness (QED) is 0.401. The van der Waals surface area contributed by atoms with Gasteiger partial charge in [-0.2, -0.15) is 18.4 Å². The van der Waals surface area contributed by atoms with Gasteiger partial charge in [0.2, 0.25) is 0 Å². The number of anilines is 3. The van der Waals surface area contributed by atoms with Crippen molar-refractivity contribution in [1.29, 1.82) is 5.26 Å². The number of nitrogens with one attached hydrogen (secondary N) is 1. The molecule has 0 bridgehead atoms. The molecule has 0 spiro atoms. The molecule has 0 fully saturated rings. The number of aliphatic carboxylic acids is 1. The maximum Gasteiger partial charge on any atom is 0.471 e. The highest BCUT2D eigenvalue weighted by Gasteiger charge is 2.48. The molecule has 0 saturated heterocycles. The first-order valence-electron chi connectivity index (χ1n) is 11.7. The number of rotatable bonds is 6. The number of benzene rings is 3. The van der Waals surface area contributed by atoms with Crippen LogP contribution in [0.5, 0.6) is 11.5 Å². The second-order valence-corrected chi connectivity index (χ2v) is 8.98. The maximum absolute atomic E-state index is 14.5. The summed E-state index contributed by atoms with van der Waals surface area (Å²) in [6, 6.07) is 13.1. The molecule has 5 rings (SSSR count). The number of alkyl halides is 3. The van der Waals surface area contributed by atoms with Crippen molar-refractivity contribution < 1.29 is 41.7 Å². The fourth-order valence-electron chi connectivity index (χ4n) is 4.74. The molecule has 0 aromatic heterocycles. The molecule has 12 heteroatoms. The predicted octanol–water partition coefficient (Wildman–Crippen LogP) is 5.42. The van der Waals surface area contributed by atoms with Crippen LogP contribution in [0.3, 0.4) is 0 Å². The van der Waals surface area contributed by atoms with Gasteiger partial charge in [-0.15, -0.1) is 0 Å². The van der Waals surface area contributed by atoms with Crippen LogP contribution in [0.4, 0.5) is 34.6 Å². The van der Waals surface area contributed by atoms with Crippen LogP contribution in [-0.4, -0.2) is 36.4 Å². The van der Waals surface area contributed by atoms with Crippen LogP contribution in [0.1, 0.15) is 35.1 Å². The van der Waals surface area contributed by atoms with Crippen molar-refractivity contribution in [2.45, 2.75) is 24.6 Å². The van der Waals surface area contributed by atoms with Crippen LogP contribution in [0.2, 0.25) is 0 Å². The molecule has 0 aliphatic carbocycles. The van der Waals surface area contributed by atoms with E-state index in [4.69, 9.17) is 19.8 Å². The Labute approximate surface area is 219 Å². The Morgan fingerprint density at radius 2 is 1.85 bits per heavy atom. The molecule has 2 aliphatic heterocycles. The fourth-order valence-corrected chi connectivity index (χ4v) is 4.74. The molecule has 3 aromatic carbocycles. The first-order chi connectivity index (χ1) is 18.6. The van der Waals surface area contributed by atoms with E-state index in [1.165, 1.54) is 42.5 Å². The van der Waals surface area contributed by atoms with E-state index in [0.717, 1.165) is 6.07 Å². The molecule has 2 heterocycles. The Bertz CT molecular complexity index is 1520. The summed E-state index contributed by atoms with van der Waals surface area (Å²) < 4.78 is 67.0. The van der Waals surface area contributed by atoms with Crippen LogP contribution in [0.15, 0.2) is 54.6 Å². The monoisotopic (exact) mass is 541 g/mol. The molecule has 3 aromatic rings. The number of nitriles is 1. The summed E-state index contributed by atoms with van der Waals surface area (Å²) in [6.07, 6.45) is -5.42. The van der Waals surface area contributed by atoms with E-state index in [0.29, 0.717) is 10.5 Å². The molecule has 200 valence electrons. The van der Waals surface area contributed by atoms with E-state index >= 15 is 0 Å². The van der Waals surface area contributed by atoms with Gasteiger partial charge in [-0.1, -0.05) is 18.2 Å². The third-order valence-electron chi connectivity index (χ3n) is 6.51. The number of nitrogens with zero attached hydrogens (tertiary/aromatic N) is 2. The lowest BCUT2D eigenvalue weighted by atomic mass is 9.97. The largest absolute Gasteiger partial charge is 0.493 e. The first kappa shape index (κ1) is 25.8. The van der Waals surface area contributed by atoms with Gasteiger partial charge in [0.25, 0.3) is 0 Å². The van der Waals surface area contributed by atoms with Gasteiger partial charge in [-0.05, 0) is 30.3 Å². The van der Waals surface area contributed by atoms with E-state index in [1.807, 2.05) is 6.07 Å². The minimum atomic E-state index is -5.21. The van der Waals surface area contributed by atoms with Gasteiger partial charge >= 0.3 is 18.1 Å². The number of carboxylic acid groups (broad SMARTS) is 1. The standard InChI is InChI=1S/C27H19F4N3O5/c28-19-8-14(11-32)4-7-20(19)33-21-3-1-2-18-22(13-39-25(18)21)34(26(37)27(29,30)31)16-5-6-17-15(9-24(35)36)12-38-23(17)10-16/h1-8,10,15,22,33H,9,12-13H2,(H,35,36)/t15-,22-/m1/s1. The normalized spacial score (nSPS) is 17.3. The summed E-state index contributed by atoms with van der Waals surface area (Å²) in [5.74, 6) is -4.01. The van der Waals surface area contributed by atoms with Gasteiger partial charge in [-0.25, -0.2) is 4.39 Å². The zero-order valence-corrected chi connectivity index (χ0v) is 20.0. The molecule has 1 amide bonds. The highest BCUT2D eigenvalue weighted by molar-refractivity contribution is 5.98. The smallest absolute Gasteiger partial charge is 0.471 e. The van der Waals surface area contributed by atoms with Crippen molar-refractivity contribution >= 4 is 28.9 Å². The highest BCUT2D eigenvalue weighted by atomic mass is 19.4. The van der Waals surface area contributed by atoms with Crippen LogP contribution >= 0.6 is 0 Å². The molecule has 0 saturated carbocycles. The number of hydrogen-bond donors (Lipinski definition) is 2. The zero-order valence-electron chi connectivity index (χ0n) is 20.0. The average Bonchev–Trinajstić information content (AvgIpc) is 3.49. The van der Waals surface area contributed by atoms with Crippen LogP contribution in [0.25, 0.3) is 0 Å². The lowest BCUT2D eigenvalue weighted by Gasteiger charge is -2.29. The lowest BCUT2D eigenvalue weighted by molar-refractivity contribution is -0.171. The number of halogens is 4. The van der Waals surface area contributed by atoms with Crippen LogP contribution in [-0.2, 0) is 9.59 Å². The summed E-state index contributed by atoms with van der Waals surface area (Å²) in [4.78, 5) is 24.4. The van der Waals surface area contributed by atoms with Gasteiger partial charge in [0.15, 0.2) is 0 Å². The highest BCUT2D eigenvalue weighted by Crippen LogP contribution is 2.46. The molecule has 2 N–H and O–H groups in total. The predicted molar refractivity (Wildman–Crippen MR) is 130 cm³/mol. The number of para-hydroxylation sites is 1. The van der Waals surface area contributed by atoms with Gasteiger partial charge < -0.3 is 19.9 Å². The van der Waals surface area contributed by atoms with Gasteiger partial charge in [0.05, 0.1) is 42.1 Å². The third kappa shape index (κ3) is 4.90. The number of hydrogen-bond acceptors (Lipinski definition) is 6. The Hall–Kier alpha value is -4.79. The second-order valence-electron chi connectivity index (χ2n) is 8.98. The number of amides is 1. The topological polar surface area (TPSA) is 112 Å². The van der Waals surface area contributed by atoms with Crippen LogP contribution in [0, 0.1) is 17.1 Å². The Kier molecular flexibility index (Phi) is 6.51. The van der Waals surface area contributed by atoms with Gasteiger partial charge in [0.1, 0.15) is 23.9 Å². The Morgan fingerprint density at radius 1 is 1.05 bits per heavy atom. The summed E-state index contributed by atoms with van der Waals surface area (Å²) in [5, 5.41) is 20.9. The number of carbonyl (C=O) groups excluding carboxylic acids is 1. The molecule has 39 heavy (non-hydrogen) atoms. The number of carbonyl (C=O) groups is 2. The third-order valence-corrected chi connectivity index (χ3v) is 6.51. The summed E-state index contributed by atoms with van der Waals surface area (Å²) in [6.45, 7) is -0.264. The molecule has 2 atom stereocenters. The average molecular weight is 541 g/mol. The van der Waals surface area contributed by atoms with E-state index in [1.54, 1.807) is 6.07 Å². The number of fused-ring (bicyclic) bond motifs is 2. The van der Waals surface area contributed by atoms with E-state index in [9.17, 15) is 27.2 Å². The van der Waals surface area contributed by atoms with Crippen molar-refractivity contribution in [3.63, 3.8) is 0 Å². The fraction of sp³-hybridized carbons (Fsp3) is 0.222. The van der Waals surface area contributed by atoms with Gasteiger partial charge in [-0.3, -0.25) is 14.5 Å².